The van der Waals surface area contributed by atoms with Crippen LogP contribution in [0.5, 0.6) is 5.75 Å². The number of ether oxygens (including phenoxy) is 1. The van der Waals surface area contributed by atoms with Gasteiger partial charge in [-0.3, -0.25) is 0 Å². The van der Waals surface area contributed by atoms with Crippen LogP contribution in [0.2, 0.25) is 0 Å². The molecule has 0 aliphatic heterocycles. The second-order valence-electron chi connectivity index (χ2n) is 2.55. The van der Waals surface area contributed by atoms with E-state index >= 15 is 0 Å². The van der Waals surface area contributed by atoms with Gasteiger partial charge in [-0.05, 0) is 39.7 Å². The summed E-state index contributed by atoms with van der Waals surface area (Å²) in [4.78, 5) is 10.4. The van der Waals surface area contributed by atoms with Gasteiger partial charge in [-0.1, -0.05) is 12.1 Å². The molecule has 0 N–H and O–H groups in total. The Morgan fingerprint density at radius 2 is 2.00 bits per heavy atom. The average molecular weight is 256 g/mol. The summed E-state index contributed by atoms with van der Waals surface area (Å²) in [6.45, 7) is 0. The first-order valence-corrected chi connectivity index (χ1v) is 4.65. The molecule has 0 aromatic heterocycles. The molecule has 1 rings (SSSR count). The van der Waals surface area contributed by atoms with Gasteiger partial charge in [0.25, 0.3) is 0 Å². The molecule has 0 atom stereocenters. The van der Waals surface area contributed by atoms with Gasteiger partial charge >= 0.3 is 0 Å². The van der Waals surface area contributed by atoms with Crippen LogP contribution in [0.4, 0.5) is 0 Å². The van der Waals surface area contributed by atoms with E-state index in [9.17, 15) is 9.90 Å². The van der Waals surface area contributed by atoms with E-state index in [2.05, 4.69) is 15.9 Å². The van der Waals surface area contributed by atoms with Gasteiger partial charge in [0, 0.05) is 4.48 Å². The van der Waals surface area contributed by atoms with Gasteiger partial charge < -0.3 is 14.6 Å². The topological polar surface area (TPSA) is 49.4 Å². The number of halogens is 1. The number of hydrogen-bond donors (Lipinski definition) is 0. The molecule has 0 aliphatic rings. The summed E-state index contributed by atoms with van der Waals surface area (Å²) in [5.41, 5.74) is 0.766. The minimum absolute atomic E-state index is 0.0164. The van der Waals surface area contributed by atoms with Gasteiger partial charge in [0.05, 0.1) is 13.1 Å². The fourth-order valence-corrected chi connectivity index (χ4v) is 1.17. The van der Waals surface area contributed by atoms with E-state index in [1.54, 1.807) is 31.4 Å². The zero-order valence-electron chi connectivity index (χ0n) is 7.49. The quantitative estimate of drug-likeness (QED) is 0.763. The summed E-state index contributed by atoms with van der Waals surface area (Å²) in [6.07, 6.45) is 1.47. The maximum absolute atomic E-state index is 10.4. The summed E-state index contributed by atoms with van der Waals surface area (Å²) in [5.74, 6) is -0.507. The minimum Gasteiger partial charge on any atom is -0.544 e. The van der Waals surface area contributed by atoms with Gasteiger partial charge in [0.1, 0.15) is 5.75 Å². The molecule has 0 saturated carbocycles. The number of benzene rings is 1. The lowest BCUT2D eigenvalue weighted by atomic mass is 10.2. The Morgan fingerprint density at radius 1 is 1.43 bits per heavy atom. The van der Waals surface area contributed by atoms with Crippen molar-refractivity contribution in [1.82, 2.24) is 0 Å². The van der Waals surface area contributed by atoms with Crippen molar-refractivity contribution in [2.24, 2.45) is 0 Å². The third-order valence-corrected chi connectivity index (χ3v) is 2.16. The van der Waals surface area contributed by atoms with E-state index in [-0.39, 0.29) is 4.48 Å². The molecule has 3 nitrogen and oxygen atoms in total. The number of carbonyl (C=O) groups is 1. The fourth-order valence-electron chi connectivity index (χ4n) is 0.905. The lowest BCUT2D eigenvalue weighted by molar-refractivity contribution is -0.297. The van der Waals surface area contributed by atoms with Crippen molar-refractivity contribution in [3.8, 4) is 5.75 Å². The summed E-state index contributed by atoms with van der Waals surface area (Å²) in [7, 11) is 1.57. The molecule has 0 heterocycles. The van der Waals surface area contributed by atoms with Crippen LogP contribution in [0.1, 0.15) is 5.56 Å². The van der Waals surface area contributed by atoms with E-state index in [1.165, 1.54) is 6.08 Å². The highest BCUT2D eigenvalue weighted by atomic mass is 79.9. The molecule has 4 heteroatoms. The Bertz CT molecular complexity index is 354. The molecule has 74 valence electrons. The van der Waals surface area contributed by atoms with Crippen LogP contribution in [0.3, 0.4) is 0 Å². The number of carboxylic acids is 1. The molecule has 0 spiro atoms. The first-order chi connectivity index (χ1) is 6.63. The molecular formula is C10H8BrO3-. The van der Waals surface area contributed by atoms with Gasteiger partial charge in [-0.15, -0.1) is 0 Å². The van der Waals surface area contributed by atoms with Crippen molar-refractivity contribution >= 4 is 28.0 Å². The SMILES string of the molecule is COc1ccc(/C=C(/Br)C(=O)[O-])cc1. The van der Waals surface area contributed by atoms with Gasteiger partial charge in [-0.2, -0.15) is 0 Å². The first-order valence-electron chi connectivity index (χ1n) is 3.86. The van der Waals surface area contributed by atoms with Crippen LogP contribution in [0.25, 0.3) is 6.08 Å². The van der Waals surface area contributed by atoms with Crippen molar-refractivity contribution in [1.29, 1.82) is 0 Å². The molecule has 1 aromatic carbocycles. The largest absolute Gasteiger partial charge is 0.544 e. The van der Waals surface area contributed by atoms with E-state index in [0.29, 0.717) is 0 Å². The standard InChI is InChI=1S/C10H9BrO3/c1-14-8-4-2-7(3-5-8)6-9(11)10(12)13/h2-6H,1H3,(H,12,13)/p-1/b9-6+. The minimum atomic E-state index is -1.24. The van der Waals surface area contributed by atoms with Crippen LogP contribution in [-0.2, 0) is 4.79 Å². The lowest BCUT2D eigenvalue weighted by Crippen LogP contribution is -2.21. The summed E-state index contributed by atoms with van der Waals surface area (Å²) in [6, 6.07) is 7.01. The number of aliphatic carboxylic acids is 1. The molecule has 0 aliphatic carbocycles. The summed E-state index contributed by atoms with van der Waals surface area (Å²) >= 11 is 2.88. The monoisotopic (exact) mass is 255 g/mol. The van der Waals surface area contributed by atoms with Crippen LogP contribution < -0.4 is 9.84 Å². The number of methoxy groups -OCH3 is 1. The Hall–Kier alpha value is -1.29. The second-order valence-corrected chi connectivity index (χ2v) is 3.41. The molecule has 0 bridgehead atoms. The summed E-state index contributed by atoms with van der Waals surface area (Å²) in [5, 5.41) is 10.4. The van der Waals surface area contributed by atoms with Gasteiger partial charge in [0.15, 0.2) is 0 Å². The maximum atomic E-state index is 10.4. The maximum Gasteiger partial charge on any atom is 0.118 e. The predicted molar refractivity (Wildman–Crippen MR) is 54.9 cm³/mol. The van der Waals surface area contributed by atoms with Gasteiger partial charge in [0.2, 0.25) is 0 Å². The molecule has 0 fully saturated rings. The first kappa shape index (κ1) is 10.8. The highest BCUT2D eigenvalue weighted by Crippen LogP contribution is 2.15. The Labute approximate surface area is 90.1 Å². The van der Waals surface area contributed by atoms with Crippen molar-refractivity contribution in [3.05, 3.63) is 34.3 Å². The molecule has 14 heavy (non-hydrogen) atoms. The van der Waals surface area contributed by atoms with Crippen LogP contribution in [0.15, 0.2) is 28.7 Å². The zero-order chi connectivity index (χ0) is 10.6. The second kappa shape index (κ2) is 4.81. The Morgan fingerprint density at radius 3 is 2.43 bits per heavy atom. The van der Waals surface area contributed by atoms with Gasteiger partial charge in [-0.25, -0.2) is 0 Å². The third kappa shape index (κ3) is 2.88. The van der Waals surface area contributed by atoms with E-state index < -0.39 is 5.97 Å². The third-order valence-electron chi connectivity index (χ3n) is 1.60. The zero-order valence-corrected chi connectivity index (χ0v) is 9.08. The van der Waals surface area contributed by atoms with E-state index in [0.717, 1.165) is 11.3 Å². The number of hydrogen-bond acceptors (Lipinski definition) is 3. The van der Waals surface area contributed by atoms with Crippen LogP contribution in [-0.4, -0.2) is 13.1 Å². The smallest absolute Gasteiger partial charge is 0.118 e. The van der Waals surface area contributed by atoms with Crippen molar-refractivity contribution in [3.63, 3.8) is 0 Å². The Balaban J connectivity index is 2.88. The summed E-state index contributed by atoms with van der Waals surface area (Å²) < 4.78 is 4.98. The van der Waals surface area contributed by atoms with E-state index in [4.69, 9.17) is 4.74 Å². The fraction of sp³-hybridized carbons (Fsp3) is 0.100. The molecule has 0 radical (unpaired) electrons. The van der Waals surface area contributed by atoms with Crippen LogP contribution >= 0.6 is 15.9 Å². The van der Waals surface area contributed by atoms with Crippen LogP contribution in [0, 0.1) is 0 Å². The lowest BCUT2D eigenvalue weighted by Gasteiger charge is -2.01. The normalized spacial score (nSPS) is 11.1. The molecule has 0 unspecified atom stereocenters. The number of carboxylic acid groups (broad SMARTS) is 1. The predicted octanol–water partition coefficient (Wildman–Crippen LogP) is 1.18. The average Bonchev–Trinajstić information content (AvgIpc) is 2.19. The molecule has 0 amide bonds. The van der Waals surface area contributed by atoms with Crippen molar-refractivity contribution in [2.45, 2.75) is 0 Å². The molecule has 0 saturated heterocycles. The van der Waals surface area contributed by atoms with E-state index in [1.807, 2.05) is 0 Å². The molecular weight excluding hydrogens is 248 g/mol. The number of rotatable bonds is 3. The highest BCUT2D eigenvalue weighted by molar-refractivity contribution is 9.12. The van der Waals surface area contributed by atoms with Crippen molar-refractivity contribution in [2.75, 3.05) is 7.11 Å². The molecule has 1 aromatic rings. The Kier molecular flexibility index (Phi) is 3.71. The number of carbonyl (C=O) groups excluding carboxylic acids is 1. The highest BCUT2D eigenvalue weighted by Gasteiger charge is 1.94. The van der Waals surface area contributed by atoms with Crippen molar-refractivity contribution < 1.29 is 14.6 Å².